The third-order valence-electron chi connectivity index (χ3n) is 7.85. The first kappa shape index (κ1) is 28.2. The number of piperidine rings is 1. The van der Waals surface area contributed by atoms with Gasteiger partial charge in [-0.2, -0.15) is 5.10 Å². The maximum atomic E-state index is 13.6. The van der Waals surface area contributed by atoms with Crippen molar-refractivity contribution in [3.63, 3.8) is 0 Å². The largest absolute Gasteiger partial charge is 0.474 e. The first-order valence-corrected chi connectivity index (χ1v) is 13.8. The summed E-state index contributed by atoms with van der Waals surface area (Å²) in [7, 11) is 0. The molecule has 2 aliphatic rings. The van der Waals surface area contributed by atoms with E-state index < -0.39 is 18.3 Å². The lowest BCUT2D eigenvalue weighted by atomic mass is 9.93. The van der Waals surface area contributed by atoms with Crippen molar-refractivity contribution in [1.29, 1.82) is 0 Å². The van der Waals surface area contributed by atoms with Gasteiger partial charge in [-0.3, -0.25) is 9.18 Å². The van der Waals surface area contributed by atoms with Crippen LogP contribution in [0.1, 0.15) is 35.5 Å². The number of alkyl halides is 1. The molecule has 6 rings (SSSR count). The zero-order valence-corrected chi connectivity index (χ0v) is 23.4. The summed E-state index contributed by atoms with van der Waals surface area (Å²) in [4.78, 5) is 39.6. The molecule has 43 heavy (non-hydrogen) atoms. The van der Waals surface area contributed by atoms with Crippen LogP contribution in [-0.2, 0) is 12.0 Å². The highest BCUT2D eigenvalue weighted by Gasteiger charge is 2.59. The Kier molecular flexibility index (Phi) is 7.24. The topological polar surface area (TPSA) is 135 Å². The van der Waals surface area contributed by atoms with Gasteiger partial charge < -0.3 is 20.1 Å². The molecule has 2 fully saturated rings. The van der Waals surface area contributed by atoms with Crippen molar-refractivity contribution in [2.24, 2.45) is 11.8 Å². The third-order valence-corrected chi connectivity index (χ3v) is 7.85. The Labute approximate surface area is 245 Å². The van der Waals surface area contributed by atoms with E-state index in [1.807, 2.05) is 0 Å². The lowest BCUT2D eigenvalue weighted by Crippen LogP contribution is -2.40. The van der Waals surface area contributed by atoms with E-state index in [1.54, 1.807) is 67.7 Å². The first-order valence-electron chi connectivity index (χ1n) is 13.8. The molecule has 4 heterocycles. The number of fused-ring (bicyclic) bond motifs is 1. The molecule has 4 aromatic rings. The number of halogens is 2. The number of amides is 2. The number of carboxylic acid groups (broad SMARTS) is 1. The van der Waals surface area contributed by atoms with Crippen LogP contribution in [0, 0.1) is 17.7 Å². The lowest BCUT2D eigenvalue weighted by molar-refractivity contribution is 0.0750. The number of nitrogens with zero attached hydrogens (tertiary/aromatic N) is 6. The molecule has 3 atom stereocenters. The van der Waals surface area contributed by atoms with E-state index >= 15 is 0 Å². The summed E-state index contributed by atoms with van der Waals surface area (Å²) in [5.74, 6) is 0.125. The maximum Gasteiger partial charge on any atom is 0.405 e. The number of aryl methyl sites for hydroxylation is 1. The van der Waals surface area contributed by atoms with Gasteiger partial charge in [-0.1, -0.05) is 0 Å². The van der Waals surface area contributed by atoms with E-state index in [0.717, 1.165) is 0 Å². The molecular weight excluding hydrogens is 560 g/mol. The van der Waals surface area contributed by atoms with Crippen molar-refractivity contribution >= 4 is 12.0 Å². The molecule has 1 aliphatic heterocycles. The van der Waals surface area contributed by atoms with Crippen LogP contribution in [0.5, 0.6) is 5.88 Å². The van der Waals surface area contributed by atoms with Gasteiger partial charge in [-0.25, -0.2) is 28.8 Å². The van der Waals surface area contributed by atoms with Crippen LogP contribution >= 0.6 is 0 Å². The fourth-order valence-electron chi connectivity index (χ4n) is 5.53. The van der Waals surface area contributed by atoms with Gasteiger partial charge in [0.2, 0.25) is 11.8 Å². The van der Waals surface area contributed by atoms with Crippen molar-refractivity contribution in [1.82, 2.24) is 34.9 Å². The molecule has 222 valence electrons. The van der Waals surface area contributed by atoms with Crippen molar-refractivity contribution in [2.75, 3.05) is 19.8 Å². The first-order chi connectivity index (χ1) is 20.6. The minimum absolute atomic E-state index is 0.00117. The summed E-state index contributed by atoms with van der Waals surface area (Å²) in [6.07, 6.45) is 3.30. The molecular formula is C30H29F2N7O4. The highest BCUT2D eigenvalue weighted by Crippen LogP contribution is 2.48. The Hall–Kier alpha value is -4.94. The standard InChI is InChI=1S/C30H29F2N7O4/c1-30(2,36-29(41)42)18-12-24(17-4-6-19(32)7-5-17)35-25(13-18)43-26-20-14-38(15-21(20)26)27(40)22-16-39(37-23(22)8-9-31)28-33-10-3-11-34-28/h3-7,10-13,16,20-21,26,36H,8-9,14-15H2,1-2H3,(H,41,42)/t20-,21+,26?. The maximum absolute atomic E-state index is 13.6. The number of hydrogen-bond donors (Lipinski definition) is 2. The molecule has 1 aromatic carbocycles. The molecule has 1 saturated carbocycles. The molecule has 1 aliphatic carbocycles. The van der Waals surface area contributed by atoms with E-state index in [0.29, 0.717) is 47.0 Å². The third kappa shape index (κ3) is 5.74. The second kappa shape index (κ2) is 11.0. The van der Waals surface area contributed by atoms with Gasteiger partial charge in [-0.05, 0) is 55.8 Å². The second-order valence-corrected chi connectivity index (χ2v) is 11.2. The fraction of sp³-hybridized carbons (Fsp3) is 0.333. The number of nitrogens with one attached hydrogen (secondary N) is 1. The van der Waals surface area contributed by atoms with Gasteiger partial charge in [-0.15, -0.1) is 0 Å². The summed E-state index contributed by atoms with van der Waals surface area (Å²) in [6.45, 7) is 3.71. The van der Waals surface area contributed by atoms with E-state index in [4.69, 9.17) is 4.74 Å². The zero-order chi connectivity index (χ0) is 30.3. The number of rotatable bonds is 9. The Morgan fingerprint density at radius 3 is 2.47 bits per heavy atom. The van der Waals surface area contributed by atoms with Gasteiger partial charge in [0.05, 0.1) is 29.2 Å². The summed E-state index contributed by atoms with van der Waals surface area (Å²) in [6, 6.07) is 11.0. The molecule has 2 N–H and O–H groups in total. The van der Waals surface area contributed by atoms with Crippen LogP contribution in [0.3, 0.4) is 0 Å². The van der Waals surface area contributed by atoms with Gasteiger partial charge >= 0.3 is 6.09 Å². The average Bonchev–Trinajstić information content (AvgIpc) is 3.30. The minimum Gasteiger partial charge on any atom is -0.474 e. The normalized spacial score (nSPS) is 19.2. The SMILES string of the molecule is CC(C)(NC(=O)O)c1cc(OC2[C@H]3CN(C(=O)c4cn(-c5ncccn5)nc4CCF)C[C@@H]23)nc(-c2ccc(F)cc2)c1. The van der Waals surface area contributed by atoms with Gasteiger partial charge in [0.15, 0.2) is 0 Å². The summed E-state index contributed by atoms with van der Waals surface area (Å²) in [5, 5.41) is 16.2. The monoisotopic (exact) mass is 589 g/mol. The number of carbonyl (C=O) groups is 2. The van der Waals surface area contributed by atoms with Crippen molar-refractivity contribution < 1.29 is 28.2 Å². The quantitative estimate of drug-likeness (QED) is 0.299. The number of carbonyl (C=O) groups excluding carboxylic acids is 1. The van der Waals surface area contributed by atoms with Crippen LogP contribution in [-0.4, -0.2) is 72.6 Å². The predicted molar refractivity (Wildman–Crippen MR) is 150 cm³/mol. The Bertz CT molecular complexity index is 1650. The minimum atomic E-state index is -1.18. The van der Waals surface area contributed by atoms with E-state index in [9.17, 15) is 23.5 Å². The van der Waals surface area contributed by atoms with E-state index in [2.05, 4.69) is 25.4 Å². The Balaban J connectivity index is 1.19. The molecule has 2 amide bonds. The predicted octanol–water partition coefficient (Wildman–Crippen LogP) is 4.03. The highest BCUT2D eigenvalue weighted by molar-refractivity contribution is 5.95. The molecule has 11 nitrogen and oxygen atoms in total. The van der Waals surface area contributed by atoms with Crippen molar-refractivity contribution in [2.45, 2.75) is 31.9 Å². The smallest absolute Gasteiger partial charge is 0.405 e. The number of likely N-dealkylation sites (tertiary alicyclic amines) is 1. The van der Waals surface area contributed by atoms with Crippen LogP contribution in [0.2, 0.25) is 0 Å². The lowest BCUT2D eigenvalue weighted by Gasteiger charge is -2.26. The number of aromatic nitrogens is 5. The Morgan fingerprint density at radius 1 is 1.12 bits per heavy atom. The highest BCUT2D eigenvalue weighted by atomic mass is 19.1. The van der Waals surface area contributed by atoms with E-state index in [1.165, 1.54) is 16.8 Å². The average molecular weight is 590 g/mol. The van der Waals surface area contributed by atoms with Crippen LogP contribution < -0.4 is 10.1 Å². The molecule has 0 radical (unpaired) electrons. The second-order valence-electron chi connectivity index (χ2n) is 11.2. The molecule has 1 saturated heterocycles. The number of benzene rings is 1. The molecule has 3 aromatic heterocycles. The van der Waals surface area contributed by atoms with Gasteiger partial charge in [0.25, 0.3) is 5.91 Å². The molecule has 1 unspecified atom stereocenters. The Morgan fingerprint density at radius 2 is 1.81 bits per heavy atom. The van der Waals surface area contributed by atoms with Crippen molar-refractivity contribution in [3.05, 3.63) is 83.7 Å². The molecule has 13 heteroatoms. The summed E-state index contributed by atoms with van der Waals surface area (Å²) >= 11 is 0. The molecule has 0 bridgehead atoms. The van der Waals surface area contributed by atoms with Gasteiger partial charge in [0, 0.05) is 61.6 Å². The van der Waals surface area contributed by atoms with Crippen LogP contribution in [0.4, 0.5) is 13.6 Å². The fourth-order valence-corrected chi connectivity index (χ4v) is 5.53. The summed E-state index contributed by atoms with van der Waals surface area (Å²) in [5.41, 5.74) is 1.49. The number of hydrogen-bond acceptors (Lipinski definition) is 7. The van der Waals surface area contributed by atoms with Crippen LogP contribution in [0.25, 0.3) is 17.2 Å². The van der Waals surface area contributed by atoms with Crippen molar-refractivity contribution in [3.8, 4) is 23.1 Å². The van der Waals surface area contributed by atoms with Crippen LogP contribution in [0.15, 0.2) is 61.1 Å². The molecule has 0 spiro atoms. The summed E-state index contributed by atoms with van der Waals surface area (Å²) < 4.78 is 34.5. The van der Waals surface area contributed by atoms with E-state index in [-0.39, 0.29) is 42.0 Å². The number of pyridine rings is 1. The van der Waals surface area contributed by atoms with Gasteiger partial charge in [0.1, 0.15) is 11.9 Å². The zero-order valence-electron chi connectivity index (χ0n) is 23.4. The number of ether oxygens (including phenoxy) is 1.